The maximum atomic E-state index is 11.0. The van der Waals surface area contributed by atoms with Crippen molar-refractivity contribution in [2.45, 2.75) is 103 Å². The number of aliphatic carboxylic acids is 1. The van der Waals surface area contributed by atoms with Gasteiger partial charge in [-0.2, -0.15) is 0 Å². The summed E-state index contributed by atoms with van der Waals surface area (Å²) in [7, 11) is 1.70. The van der Waals surface area contributed by atoms with Crippen LogP contribution in [-0.2, 0) is 9.59 Å². The average Bonchev–Trinajstić information content (AvgIpc) is 2.53. The number of hydrogen-bond donors (Lipinski definition) is 2. The van der Waals surface area contributed by atoms with E-state index in [0.717, 1.165) is 19.3 Å². The summed E-state index contributed by atoms with van der Waals surface area (Å²) in [5, 5.41) is 11.2. The van der Waals surface area contributed by atoms with E-state index in [1.54, 1.807) is 7.05 Å². The van der Waals surface area contributed by atoms with E-state index in [9.17, 15) is 9.59 Å². The van der Waals surface area contributed by atoms with Crippen LogP contribution in [0.3, 0.4) is 0 Å². The summed E-state index contributed by atoms with van der Waals surface area (Å²) in [6.07, 6.45) is 18.1. The Morgan fingerprint density at radius 2 is 0.913 bits per heavy atom. The van der Waals surface area contributed by atoms with E-state index in [0.29, 0.717) is 12.8 Å². The molecule has 4 heteroatoms. The molecule has 2 N–H and O–H groups in total. The number of rotatable bonds is 17. The molecule has 0 saturated carbocycles. The first-order chi connectivity index (χ1) is 11.2. The zero-order valence-corrected chi connectivity index (χ0v) is 15.1. The number of carboxylic acid groups (broad SMARTS) is 1. The van der Waals surface area contributed by atoms with Gasteiger partial charge in [-0.15, -0.1) is 0 Å². The quantitative estimate of drug-likeness (QED) is 0.367. The Balaban J connectivity index is 3.02. The third-order valence-electron chi connectivity index (χ3n) is 4.32. The molecule has 0 unspecified atom stereocenters. The maximum Gasteiger partial charge on any atom is 0.303 e. The van der Waals surface area contributed by atoms with Crippen LogP contribution in [0, 0.1) is 0 Å². The Morgan fingerprint density at radius 3 is 1.22 bits per heavy atom. The fraction of sp³-hybridized carbons (Fsp3) is 0.895. The van der Waals surface area contributed by atoms with Gasteiger partial charge in [0.15, 0.2) is 0 Å². The van der Waals surface area contributed by atoms with Crippen molar-refractivity contribution in [3.05, 3.63) is 0 Å². The van der Waals surface area contributed by atoms with E-state index < -0.39 is 5.97 Å². The lowest BCUT2D eigenvalue weighted by molar-refractivity contribution is -0.137. The number of amides is 1. The smallest absolute Gasteiger partial charge is 0.303 e. The van der Waals surface area contributed by atoms with Gasteiger partial charge in [0.2, 0.25) is 5.91 Å². The van der Waals surface area contributed by atoms with Crippen LogP contribution in [0.5, 0.6) is 0 Å². The number of unbranched alkanes of at least 4 members (excludes halogenated alkanes) is 13. The van der Waals surface area contributed by atoms with Crippen LogP contribution >= 0.6 is 0 Å². The van der Waals surface area contributed by atoms with E-state index >= 15 is 0 Å². The highest BCUT2D eigenvalue weighted by Gasteiger charge is 1.98. The van der Waals surface area contributed by atoms with Crippen LogP contribution in [0.1, 0.15) is 103 Å². The first kappa shape index (κ1) is 21.9. The Hall–Kier alpha value is -1.06. The third-order valence-corrected chi connectivity index (χ3v) is 4.32. The van der Waals surface area contributed by atoms with Gasteiger partial charge in [-0.1, -0.05) is 77.0 Å². The van der Waals surface area contributed by atoms with E-state index in [-0.39, 0.29) is 5.91 Å². The third kappa shape index (κ3) is 18.9. The Labute approximate surface area is 142 Å². The summed E-state index contributed by atoms with van der Waals surface area (Å²) < 4.78 is 0. The predicted molar refractivity (Wildman–Crippen MR) is 95.6 cm³/mol. The van der Waals surface area contributed by atoms with E-state index in [4.69, 9.17) is 5.11 Å². The fourth-order valence-electron chi connectivity index (χ4n) is 2.81. The Morgan fingerprint density at radius 1 is 0.609 bits per heavy atom. The first-order valence-electron chi connectivity index (χ1n) is 9.59. The fourth-order valence-corrected chi connectivity index (χ4v) is 2.81. The lowest BCUT2D eigenvalue weighted by Gasteiger charge is -2.03. The van der Waals surface area contributed by atoms with Crippen LogP contribution in [0.15, 0.2) is 0 Å². The normalized spacial score (nSPS) is 10.7. The summed E-state index contributed by atoms with van der Waals surface area (Å²) in [4.78, 5) is 21.4. The lowest BCUT2D eigenvalue weighted by Crippen LogP contribution is -2.16. The minimum atomic E-state index is -0.670. The van der Waals surface area contributed by atoms with Gasteiger partial charge in [0, 0.05) is 19.9 Å². The number of carbonyl (C=O) groups is 2. The molecule has 0 aliphatic rings. The zero-order valence-electron chi connectivity index (χ0n) is 15.1. The second-order valence-corrected chi connectivity index (χ2v) is 6.52. The molecule has 4 nitrogen and oxygen atoms in total. The van der Waals surface area contributed by atoms with Crippen LogP contribution in [0.4, 0.5) is 0 Å². The van der Waals surface area contributed by atoms with Gasteiger partial charge in [-0.3, -0.25) is 9.59 Å². The van der Waals surface area contributed by atoms with Crippen molar-refractivity contribution >= 4 is 11.9 Å². The highest BCUT2D eigenvalue weighted by atomic mass is 16.4. The minimum absolute atomic E-state index is 0.159. The highest BCUT2D eigenvalue weighted by molar-refractivity contribution is 5.75. The first-order valence-corrected chi connectivity index (χ1v) is 9.59. The average molecular weight is 328 g/mol. The van der Waals surface area contributed by atoms with Gasteiger partial charge in [0.05, 0.1) is 0 Å². The minimum Gasteiger partial charge on any atom is -0.481 e. The lowest BCUT2D eigenvalue weighted by atomic mass is 10.0. The largest absolute Gasteiger partial charge is 0.481 e. The van der Waals surface area contributed by atoms with Gasteiger partial charge in [0.25, 0.3) is 0 Å². The summed E-state index contributed by atoms with van der Waals surface area (Å²) in [6.45, 7) is 0. The van der Waals surface area contributed by atoms with Crippen molar-refractivity contribution in [1.82, 2.24) is 5.32 Å². The van der Waals surface area contributed by atoms with Crippen LogP contribution in [0.25, 0.3) is 0 Å². The molecule has 0 spiro atoms. The molecule has 0 aromatic heterocycles. The molecule has 0 aliphatic heterocycles. The monoisotopic (exact) mass is 327 g/mol. The standard InChI is InChI=1S/C19H37NO3/c1-20-18(21)16-14-12-10-8-6-4-2-3-5-7-9-11-13-15-17-19(22)23/h2-17H2,1H3,(H,20,21)(H,22,23). The van der Waals surface area contributed by atoms with Crippen molar-refractivity contribution in [3.8, 4) is 0 Å². The van der Waals surface area contributed by atoms with E-state index in [2.05, 4.69) is 5.32 Å². The van der Waals surface area contributed by atoms with E-state index in [1.807, 2.05) is 0 Å². The van der Waals surface area contributed by atoms with Gasteiger partial charge in [-0.05, 0) is 12.8 Å². The second kappa shape index (κ2) is 17.3. The molecule has 23 heavy (non-hydrogen) atoms. The molecule has 0 aromatic rings. The van der Waals surface area contributed by atoms with Crippen molar-refractivity contribution in [1.29, 1.82) is 0 Å². The summed E-state index contributed by atoms with van der Waals surface area (Å²) in [5.74, 6) is -0.511. The summed E-state index contributed by atoms with van der Waals surface area (Å²) in [6, 6.07) is 0. The molecular formula is C19H37NO3. The number of nitrogens with one attached hydrogen (secondary N) is 1. The van der Waals surface area contributed by atoms with Crippen molar-refractivity contribution in [3.63, 3.8) is 0 Å². The molecule has 0 saturated heterocycles. The van der Waals surface area contributed by atoms with Crippen molar-refractivity contribution < 1.29 is 14.7 Å². The van der Waals surface area contributed by atoms with Gasteiger partial charge < -0.3 is 10.4 Å². The van der Waals surface area contributed by atoms with Crippen LogP contribution in [-0.4, -0.2) is 24.0 Å². The van der Waals surface area contributed by atoms with E-state index in [1.165, 1.54) is 70.6 Å². The maximum absolute atomic E-state index is 11.0. The molecule has 0 radical (unpaired) electrons. The van der Waals surface area contributed by atoms with Crippen LogP contribution in [0.2, 0.25) is 0 Å². The molecule has 0 rings (SSSR count). The molecule has 0 atom stereocenters. The number of carboxylic acids is 1. The summed E-state index contributed by atoms with van der Waals surface area (Å²) in [5.41, 5.74) is 0. The Bertz CT molecular complexity index is 292. The van der Waals surface area contributed by atoms with Gasteiger partial charge >= 0.3 is 5.97 Å². The molecule has 0 heterocycles. The molecule has 0 aromatic carbocycles. The second-order valence-electron chi connectivity index (χ2n) is 6.52. The molecule has 0 fully saturated rings. The number of carbonyl (C=O) groups excluding carboxylic acids is 1. The molecule has 0 aliphatic carbocycles. The Kier molecular flexibility index (Phi) is 16.5. The van der Waals surface area contributed by atoms with Gasteiger partial charge in [-0.25, -0.2) is 0 Å². The summed E-state index contributed by atoms with van der Waals surface area (Å²) >= 11 is 0. The van der Waals surface area contributed by atoms with Gasteiger partial charge in [0.1, 0.15) is 0 Å². The topological polar surface area (TPSA) is 66.4 Å². The van der Waals surface area contributed by atoms with Crippen molar-refractivity contribution in [2.75, 3.05) is 7.05 Å². The number of hydrogen-bond acceptors (Lipinski definition) is 2. The predicted octanol–water partition coefficient (Wildman–Crippen LogP) is 5.06. The molecule has 1 amide bonds. The molecular weight excluding hydrogens is 290 g/mol. The molecule has 136 valence electrons. The zero-order chi connectivity index (χ0) is 17.2. The molecule has 0 bridgehead atoms. The SMILES string of the molecule is CNC(=O)CCCCCCCCCCCCCCCCC(=O)O. The van der Waals surface area contributed by atoms with Crippen molar-refractivity contribution in [2.24, 2.45) is 0 Å². The highest BCUT2D eigenvalue weighted by Crippen LogP contribution is 2.13. The van der Waals surface area contributed by atoms with Crippen LogP contribution < -0.4 is 5.32 Å².